The van der Waals surface area contributed by atoms with Crippen molar-refractivity contribution in [2.45, 2.75) is 20.1 Å². The Balaban J connectivity index is 2.22. The van der Waals surface area contributed by atoms with Gasteiger partial charge in [0.15, 0.2) is 0 Å². The molecule has 4 nitrogen and oxygen atoms in total. The molecule has 1 heterocycles. The summed E-state index contributed by atoms with van der Waals surface area (Å²) in [6, 6.07) is 11.8. The summed E-state index contributed by atoms with van der Waals surface area (Å²) in [6.07, 6.45) is 0. The Labute approximate surface area is 100 Å². The summed E-state index contributed by atoms with van der Waals surface area (Å²) >= 11 is 0. The van der Waals surface area contributed by atoms with Gasteiger partial charge < -0.3 is 9.84 Å². The fourth-order valence-electron chi connectivity index (χ4n) is 1.66. The molecule has 0 bridgehead atoms. The summed E-state index contributed by atoms with van der Waals surface area (Å²) in [5.74, 6) is 0.695. The maximum Gasteiger partial charge on any atom is 0.212 e. The van der Waals surface area contributed by atoms with Gasteiger partial charge in [0.05, 0.1) is 25.5 Å². The Morgan fingerprint density at radius 2 is 2.06 bits per heavy atom. The van der Waals surface area contributed by atoms with Gasteiger partial charge in [0.25, 0.3) is 0 Å². The van der Waals surface area contributed by atoms with Crippen molar-refractivity contribution in [3.05, 3.63) is 47.7 Å². The van der Waals surface area contributed by atoms with Crippen LogP contribution in [0.3, 0.4) is 0 Å². The van der Waals surface area contributed by atoms with Gasteiger partial charge in [0.1, 0.15) is 0 Å². The van der Waals surface area contributed by atoms with Gasteiger partial charge in [-0.3, -0.25) is 0 Å². The summed E-state index contributed by atoms with van der Waals surface area (Å²) in [7, 11) is 0. The van der Waals surface area contributed by atoms with Gasteiger partial charge in [0.2, 0.25) is 5.88 Å². The van der Waals surface area contributed by atoms with E-state index in [1.54, 1.807) is 10.7 Å². The third kappa shape index (κ3) is 2.85. The third-order valence-corrected chi connectivity index (χ3v) is 2.42. The highest BCUT2D eigenvalue weighted by Crippen LogP contribution is 2.15. The number of aromatic nitrogens is 2. The highest BCUT2D eigenvalue weighted by atomic mass is 16.5. The van der Waals surface area contributed by atoms with Crippen LogP contribution in [0.25, 0.3) is 0 Å². The molecular weight excluding hydrogens is 216 g/mol. The first-order chi connectivity index (χ1) is 8.33. The number of hydrogen-bond donors (Lipinski definition) is 1. The minimum Gasteiger partial charge on any atom is -0.478 e. The highest BCUT2D eigenvalue weighted by Gasteiger charge is 2.08. The molecule has 0 aliphatic carbocycles. The molecular formula is C13H16N2O2. The molecule has 1 N–H and O–H groups in total. The average Bonchev–Trinajstić information content (AvgIpc) is 2.74. The molecule has 2 rings (SSSR count). The number of nitrogens with zero attached hydrogens (tertiary/aromatic N) is 2. The van der Waals surface area contributed by atoms with E-state index in [-0.39, 0.29) is 6.61 Å². The molecule has 0 saturated heterocycles. The molecule has 0 radical (unpaired) electrons. The van der Waals surface area contributed by atoms with E-state index in [2.05, 4.69) is 5.10 Å². The zero-order valence-electron chi connectivity index (χ0n) is 9.84. The van der Waals surface area contributed by atoms with Gasteiger partial charge in [-0.05, 0) is 12.5 Å². The minimum atomic E-state index is -0.0676. The quantitative estimate of drug-likeness (QED) is 0.855. The molecule has 0 amide bonds. The molecule has 17 heavy (non-hydrogen) atoms. The molecule has 0 saturated carbocycles. The molecule has 1 aromatic heterocycles. The van der Waals surface area contributed by atoms with Crippen molar-refractivity contribution < 1.29 is 9.84 Å². The maximum absolute atomic E-state index is 9.08. The Hall–Kier alpha value is -1.81. The van der Waals surface area contributed by atoms with E-state index < -0.39 is 0 Å². The zero-order chi connectivity index (χ0) is 12.1. The maximum atomic E-state index is 9.08. The lowest BCUT2D eigenvalue weighted by molar-refractivity contribution is 0.275. The Morgan fingerprint density at radius 3 is 2.71 bits per heavy atom. The molecule has 4 heteroatoms. The van der Waals surface area contributed by atoms with Crippen molar-refractivity contribution >= 4 is 0 Å². The topological polar surface area (TPSA) is 47.3 Å². The normalized spacial score (nSPS) is 10.5. The summed E-state index contributed by atoms with van der Waals surface area (Å²) < 4.78 is 7.25. The minimum absolute atomic E-state index is 0.0676. The van der Waals surface area contributed by atoms with Crippen LogP contribution in [0.4, 0.5) is 0 Å². The van der Waals surface area contributed by atoms with Crippen molar-refractivity contribution in [2.75, 3.05) is 6.61 Å². The van der Waals surface area contributed by atoms with Crippen LogP contribution < -0.4 is 4.74 Å². The first kappa shape index (κ1) is 11.7. The molecule has 0 aliphatic heterocycles. The van der Waals surface area contributed by atoms with Gasteiger partial charge in [-0.15, -0.1) is 0 Å². The van der Waals surface area contributed by atoms with Gasteiger partial charge in [0, 0.05) is 6.07 Å². The Bertz CT molecular complexity index is 466. The van der Waals surface area contributed by atoms with E-state index in [0.29, 0.717) is 24.7 Å². The molecule has 2 aromatic rings. The number of rotatable bonds is 5. The second-order valence-corrected chi connectivity index (χ2v) is 3.71. The van der Waals surface area contributed by atoms with Gasteiger partial charge >= 0.3 is 0 Å². The number of aliphatic hydroxyl groups excluding tert-OH is 1. The van der Waals surface area contributed by atoms with Gasteiger partial charge in [-0.1, -0.05) is 30.3 Å². The largest absolute Gasteiger partial charge is 0.478 e. The number of hydrogen-bond acceptors (Lipinski definition) is 3. The van der Waals surface area contributed by atoms with E-state index in [1.807, 2.05) is 37.3 Å². The van der Waals surface area contributed by atoms with Crippen molar-refractivity contribution in [2.24, 2.45) is 0 Å². The van der Waals surface area contributed by atoms with Crippen molar-refractivity contribution in [3.63, 3.8) is 0 Å². The summed E-state index contributed by atoms with van der Waals surface area (Å²) in [5.41, 5.74) is 1.78. The second-order valence-electron chi connectivity index (χ2n) is 3.71. The van der Waals surface area contributed by atoms with Gasteiger partial charge in [-0.25, -0.2) is 4.68 Å². The lowest BCUT2D eigenvalue weighted by atomic mass is 10.2. The molecule has 0 unspecified atom stereocenters. The van der Waals surface area contributed by atoms with E-state index >= 15 is 0 Å². The fraction of sp³-hybridized carbons (Fsp3) is 0.308. The summed E-state index contributed by atoms with van der Waals surface area (Å²) in [4.78, 5) is 0. The van der Waals surface area contributed by atoms with Gasteiger partial charge in [-0.2, -0.15) is 5.10 Å². The van der Waals surface area contributed by atoms with Crippen LogP contribution in [0, 0.1) is 0 Å². The van der Waals surface area contributed by atoms with Crippen LogP contribution in [0.5, 0.6) is 5.88 Å². The first-order valence-electron chi connectivity index (χ1n) is 5.67. The SMILES string of the molecule is CCOc1cc(CO)nn1Cc1ccccc1. The highest BCUT2D eigenvalue weighted by molar-refractivity contribution is 5.20. The van der Waals surface area contributed by atoms with Crippen molar-refractivity contribution in [1.82, 2.24) is 9.78 Å². The van der Waals surface area contributed by atoms with Crippen LogP contribution in [-0.2, 0) is 13.2 Å². The van der Waals surface area contributed by atoms with Crippen LogP contribution in [0.2, 0.25) is 0 Å². The van der Waals surface area contributed by atoms with Crippen LogP contribution >= 0.6 is 0 Å². The Kier molecular flexibility index (Phi) is 3.77. The third-order valence-electron chi connectivity index (χ3n) is 2.42. The Morgan fingerprint density at radius 1 is 1.29 bits per heavy atom. The number of aliphatic hydroxyl groups is 1. The lowest BCUT2D eigenvalue weighted by Gasteiger charge is -2.07. The molecule has 1 aromatic carbocycles. The van der Waals surface area contributed by atoms with Crippen molar-refractivity contribution in [1.29, 1.82) is 0 Å². The predicted molar refractivity (Wildman–Crippen MR) is 64.9 cm³/mol. The molecule has 90 valence electrons. The van der Waals surface area contributed by atoms with Crippen LogP contribution in [0.15, 0.2) is 36.4 Å². The summed E-state index contributed by atoms with van der Waals surface area (Å²) in [5, 5.41) is 13.4. The fourth-order valence-corrected chi connectivity index (χ4v) is 1.66. The lowest BCUT2D eigenvalue weighted by Crippen LogP contribution is -2.06. The summed E-state index contributed by atoms with van der Waals surface area (Å²) in [6.45, 7) is 3.10. The van der Waals surface area contributed by atoms with Crippen LogP contribution in [0.1, 0.15) is 18.2 Å². The monoisotopic (exact) mass is 232 g/mol. The molecule has 0 fully saturated rings. The molecule has 0 atom stereocenters. The molecule has 0 spiro atoms. The standard InChI is InChI=1S/C13H16N2O2/c1-2-17-13-8-12(10-16)14-15(13)9-11-6-4-3-5-7-11/h3-8,16H,2,9-10H2,1H3. The second kappa shape index (κ2) is 5.50. The average molecular weight is 232 g/mol. The zero-order valence-corrected chi connectivity index (χ0v) is 9.84. The first-order valence-corrected chi connectivity index (χ1v) is 5.67. The number of ether oxygens (including phenoxy) is 1. The molecule has 0 aliphatic rings. The number of benzene rings is 1. The van der Waals surface area contributed by atoms with Crippen molar-refractivity contribution in [3.8, 4) is 5.88 Å². The van der Waals surface area contributed by atoms with Crippen LogP contribution in [-0.4, -0.2) is 21.5 Å². The van der Waals surface area contributed by atoms with E-state index in [4.69, 9.17) is 9.84 Å². The van der Waals surface area contributed by atoms with E-state index in [9.17, 15) is 0 Å². The smallest absolute Gasteiger partial charge is 0.212 e. The van der Waals surface area contributed by atoms with E-state index in [1.165, 1.54) is 0 Å². The predicted octanol–water partition coefficient (Wildman–Crippen LogP) is 1.82. The van der Waals surface area contributed by atoms with E-state index in [0.717, 1.165) is 5.56 Å².